The summed E-state index contributed by atoms with van der Waals surface area (Å²) in [6.07, 6.45) is 5.16. The maximum absolute atomic E-state index is 11.8. The first-order chi connectivity index (χ1) is 10.0. The van der Waals surface area contributed by atoms with Crippen molar-refractivity contribution in [2.75, 3.05) is 26.2 Å². The predicted octanol–water partition coefficient (Wildman–Crippen LogP) is 0.926. The first-order valence-electron chi connectivity index (χ1n) is 6.72. The first kappa shape index (κ1) is 16.7. The molecule has 0 aliphatic carbocycles. The highest BCUT2D eigenvalue weighted by molar-refractivity contribution is 5.79. The van der Waals surface area contributed by atoms with Gasteiger partial charge in [-0.05, 0) is 11.5 Å². The van der Waals surface area contributed by atoms with E-state index in [1.807, 2.05) is 37.3 Å². The van der Waals surface area contributed by atoms with Crippen LogP contribution in [0, 0.1) is 12.3 Å². The zero-order valence-electron chi connectivity index (χ0n) is 12.1. The Labute approximate surface area is 125 Å². The normalized spacial score (nSPS) is 11.7. The Morgan fingerprint density at radius 3 is 2.57 bits per heavy atom. The second-order valence-corrected chi connectivity index (χ2v) is 4.86. The number of carboxylic acids is 1. The third-order valence-corrected chi connectivity index (χ3v) is 3.01. The van der Waals surface area contributed by atoms with Gasteiger partial charge < -0.3 is 10.4 Å². The van der Waals surface area contributed by atoms with Crippen LogP contribution in [0.15, 0.2) is 30.3 Å². The number of hydrogen-bond donors (Lipinski definition) is 2. The molecule has 1 amide bonds. The molecule has 0 bridgehead atoms. The summed E-state index contributed by atoms with van der Waals surface area (Å²) in [6, 6.07) is 9.86. The number of amides is 1. The van der Waals surface area contributed by atoms with E-state index in [1.54, 1.807) is 0 Å². The van der Waals surface area contributed by atoms with Crippen LogP contribution in [-0.2, 0) is 9.59 Å². The molecule has 0 saturated carbocycles. The SMILES string of the molecule is C#CCN(CC(=O)O)CC(=O)NCC(C)c1ccccc1. The molecule has 1 atom stereocenters. The number of nitrogens with zero attached hydrogens (tertiary/aromatic N) is 1. The number of hydrogen-bond acceptors (Lipinski definition) is 3. The Morgan fingerprint density at radius 1 is 1.33 bits per heavy atom. The number of carbonyl (C=O) groups excluding carboxylic acids is 1. The van der Waals surface area contributed by atoms with Crippen LogP contribution in [0.2, 0.25) is 0 Å². The van der Waals surface area contributed by atoms with Crippen LogP contribution in [0.1, 0.15) is 18.4 Å². The molecule has 2 N–H and O–H groups in total. The molecule has 0 heterocycles. The van der Waals surface area contributed by atoms with Gasteiger partial charge in [-0.2, -0.15) is 0 Å². The number of carbonyl (C=O) groups is 2. The molecule has 112 valence electrons. The molecule has 1 aromatic carbocycles. The Hall–Kier alpha value is -2.32. The maximum Gasteiger partial charge on any atom is 0.317 e. The summed E-state index contributed by atoms with van der Waals surface area (Å²) in [6.45, 7) is 2.39. The summed E-state index contributed by atoms with van der Waals surface area (Å²) >= 11 is 0. The number of carboxylic acid groups (broad SMARTS) is 1. The van der Waals surface area contributed by atoms with E-state index in [0.29, 0.717) is 6.54 Å². The molecule has 5 nitrogen and oxygen atoms in total. The molecule has 0 aliphatic rings. The van der Waals surface area contributed by atoms with Crippen molar-refractivity contribution < 1.29 is 14.7 Å². The molecule has 1 aromatic rings. The molecule has 0 aromatic heterocycles. The summed E-state index contributed by atoms with van der Waals surface area (Å²) in [5.41, 5.74) is 1.14. The maximum atomic E-state index is 11.8. The topological polar surface area (TPSA) is 69.6 Å². The molecule has 0 spiro atoms. The van der Waals surface area contributed by atoms with Gasteiger partial charge in [0.05, 0.1) is 19.6 Å². The van der Waals surface area contributed by atoms with Crippen LogP contribution in [0.5, 0.6) is 0 Å². The quantitative estimate of drug-likeness (QED) is 0.698. The van der Waals surface area contributed by atoms with Gasteiger partial charge in [-0.1, -0.05) is 43.2 Å². The molecule has 0 saturated heterocycles. The van der Waals surface area contributed by atoms with Crippen molar-refractivity contribution in [1.29, 1.82) is 0 Å². The van der Waals surface area contributed by atoms with Crippen LogP contribution < -0.4 is 5.32 Å². The molecule has 0 radical (unpaired) electrons. The molecule has 1 unspecified atom stereocenters. The van der Waals surface area contributed by atoms with Crippen molar-refractivity contribution >= 4 is 11.9 Å². The summed E-state index contributed by atoms with van der Waals surface area (Å²) in [4.78, 5) is 23.9. The first-order valence-corrected chi connectivity index (χ1v) is 6.72. The van der Waals surface area contributed by atoms with E-state index >= 15 is 0 Å². The van der Waals surface area contributed by atoms with Gasteiger partial charge in [0, 0.05) is 6.54 Å². The van der Waals surface area contributed by atoms with Crippen molar-refractivity contribution in [3.63, 3.8) is 0 Å². The van der Waals surface area contributed by atoms with Gasteiger partial charge in [-0.25, -0.2) is 0 Å². The van der Waals surface area contributed by atoms with Crippen LogP contribution >= 0.6 is 0 Å². The fourth-order valence-corrected chi connectivity index (χ4v) is 1.91. The van der Waals surface area contributed by atoms with E-state index in [2.05, 4.69) is 11.2 Å². The third kappa shape index (κ3) is 6.59. The zero-order chi connectivity index (χ0) is 15.7. The van der Waals surface area contributed by atoms with Gasteiger partial charge in [0.25, 0.3) is 0 Å². The van der Waals surface area contributed by atoms with E-state index in [-0.39, 0.29) is 31.5 Å². The van der Waals surface area contributed by atoms with E-state index < -0.39 is 5.97 Å². The van der Waals surface area contributed by atoms with E-state index in [4.69, 9.17) is 11.5 Å². The van der Waals surface area contributed by atoms with Gasteiger partial charge >= 0.3 is 5.97 Å². The molecule has 21 heavy (non-hydrogen) atoms. The standard InChI is InChI=1S/C16H20N2O3/c1-3-9-18(12-16(20)21)11-15(19)17-10-13(2)14-7-5-4-6-8-14/h1,4-8,13H,9-12H2,2H3,(H,17,19)(H,20,21). The predicted molar refractivity (Wildman–Crippen MR) is 80.8 cm³/mol. The van der Waals surface area contributed by atoms with Crippen LogP contribution in [0.3, 0.4) is 0 Å². The molecular weight excluding hydrogens is 268 g/mol. The van der Waals surface area contributed by atoms with Crippen LogP contribution in [-0.4, -0.2) is 48.1 Å². The lowest BCUT2D eigenvalue weighted by atomic mass is 10.0. The van der Waals surface area contributed by atoms with Gasteiger partial charge in [0.1, 0.15) is 0 Å². The van der Waals surface area contributed by atoms with Crippen molar-refractivity contribution in [2.45, 2.75) is 12.8 Å². The summed E-state index contributed by atoms with van der Waals surface area (Å²) in [7, 11) is 0. The number of nitrogens with one attached hydrogen (secondary N) is 1. The smallest absolute Gasteiger partial charge is 0.317 e. The average Bonchev–Trinajstić information content (AvgIpc) is 2.45. The lowest BCUT2D eigenvalue weighted by molar-refractivity contribution is -0.138. The summed E-state index contributed by atoms with van der Waals surface area (Å²) in [5.74, 6) is 1.31. The second kappa shape index (κ2) is 8.77. The molecule has 5 heteroatoms. The Morgan fingerprint density at radius 2 is 2.00 bits per heavy atom. The third-order valence-electron chi connectivity index (χ3n) is 3.01. The average molecular weight is 288 g/mol. The van der Waals surface area contributed by atoms with Crippen molar-refractivity contribution in [3.8, 4) is 12.3 Å². The van der Waals surface area contributed by atoms with Crippen LogP contribution in [0.4, 0.5) is 0 Å². The molecule has 1 rings (SSSR count). The van der Waals surface area contributed by atoms with Crippen molar-refractivity contribution in [2.24, 2.45) is 0 Å². The highest BCUT2D eigenvalue weighted by Crippen LogP contribution is 2.12. The highest BCUT2D eigenvalue weighted by atomic mass is 16.4. The van der Waals surface area contributed by atoms with E-state index in [9.17, 15) is 9.59 Å². The van der Waals surface area contributed by atoms with Crippen molar-refractivity contribution in [1.82, 2.24) is 10.2 Å². The number of rotatable bonds is 8. The lowest BCUT2D eigenvalue weighted by Crippen LogP contribution is -2.40. The monoisotopic (exact) mass is 288 g/mol. The minimum atomic E-state index is -1.00. The van der Waals surface area contributed by atoms with Crippen molar-refractivity contribution in [3.05, 3.63) is 35.9 Å². The lowest BCUT2D eigenvalue weighted by Gasteiger charge is -2.18. The minimum Gasteiger partial charge on any atom is -0.480 e. The summed E-state index contributed by atoms with van der Waals surface area (Å²) < 4.78 is 0. The van der Waals surface area contributed by atoms with Crippen LogP contribution in [0.25, 0.3) is 0 Å². The zero-order valence-corrected chi connectivity index (χ0v) is 12.1. The number of aliphatic carboxylic acids is 1. The van der Waals surface area contributed by atoms with Gasteiger partial charge in [-0.3, -0.25) is 14.5 Å². The van der Waals surface area contributed by atoms with Gasteiger partial charge in [0.15, 0.2) is 0 Å². The van der Waals surface area contributed by atoms with Gasteiger partial charge in [-0.15, -0.1) is 6.42 Å². The fraction of sp³-hybridized carbons (Fsp3) is 0.375. The molecular formula is C16H20N2O3. The Bertz CT molecular complexity index is 508. The highest BCUT2D eigenvalue weighted by Gasteiger charge is 2.14. The second-order valence-electron chi connectivity index (χ2n) is 4.86. The largest absolute Gasteiger partial charge is 0.480 e. The fourth-order valence-electron chi connectivity index (χ4n) is 1.91. The molecule has 0 aliphatic heterocycles. The minimum absolute atomic E-state index is 0.0159. The number of benzene rings is 1. The molecule has 0 fully saturated rings. The van der Waals surface area contributed by atoms with Gasteiger partial charge in [0.2, 0.25) is 5.91 Å². The number of terminal acetylenes is 1. The Balaban J connectivity index is 2.42. The van der Waals surface area contributed by atoms with E-state index in [0.717, 1.165) is 5.56 Å². The summed E-state index contributed by atoms with van der Waals surface area (Å²) in [5, 5.41) is 11.5. The Kier molecular flexibility index (Phi) is 6.99. The van der Waals surface area contributed by atoms with E-state index in [1.165, 1.54) is 4.90 Å².